The van der Waals surface area contributed by atoms with E-state index in [0.717, 1.165) is 35.4 Å². The van der Waals surface area contributed by atoms with Crippen molar-refractivity contribution in [1.29, 1.82) is 0 Å². The number of aryl methyl sites for hydroxylation is 1. The van der Waals surface area contributed by atoms with Crippen molar-refractivity contribution < 1.29 is 31.1 Å². The van der Waals surface area contributed by atoms with Crippen molar-refractivity contribution in [1.82, 2.24) is 10.2 Å². The highest BCUT2D eigenvalue weighted by atomic mass is 32.2. The van der Waals surface area contributed by atoms with E-state index in [1.165, 1.54) is 6.07 Å². The Kier molecular flexibility index (Phi) is 9.34. The smallest absolute Gasteiger partial charge is 0.404 e. The lowest BCUT2D eigenvalue weighted by atomic mass is 9.92. The Hall–Kier alpha value is -2.81. The van der Waals surface area contributed by atoms with Gasteiger partial charge in [-0.1, -0.05) is 25.2 Å². The fourth-order valence-corrected chi connectivity index (χ4v) is 5.71. The predicted molar refractivity (Wildman–Crippen MR) is 139 cm³/mol. The van der Waals surface area contributed by atoms with Crippen molar-refractivity contribution in [3.05, 3.63) is 22.7 Å². The molecule has 0 fully saturated rings. The SMILES string of the molecule is CCC(C)OC(=O)c1nnc(N=Nc2cc3c(cc2NS(=O)(=O)CC(F)(F)F)N(C(C)C)C(CC)CC3)s1. The number of benzene rings is 1. The van der Waals surface area contributed by atoms with Crippen LogP contribution in [0.15, 0.2) is 22.4 Å². The maximum Gasteiger partial charge on any atom is 0.404 e. The summed E-state index contributed by atoms with van der Waals surface area (Å²) in [5.41, 5.74) is 1.48. The number of nitrogens with zero attached hydrogens (tertiary/aromatic N) is 5. The zero-order valence-corrected chi connectivity index (χ0v) is 23.4. The molecule has 1 aliphatic heterocycles. The van der Waals surface area contributed by atoms with E-state index in [9.17, 15) is 26.4 Å². The number of alkyl halides is 3. The first-order chi connectivity index (χ1) is 17.7. The summed E-state index contributed by atoms with van der Waals surface area (Å²) in [6.45, 7) is 9.64. The number of nitrogens with one attached hydrogen (secondary N) is 1. The maximum absolute atomic E-state index is 12.9. The number of azo groups is 1. The first kappa shape index (κ1) is 29.7. The molecule has 2 unspecified atom stereocenters. The van der Waals surface area contributed by atoms with Gasteiger partial charge in [-0.15, -0.1) is 20.4 Å². The Morgan fingerprint density at radius 3 is 2.55 bits per heavy atom. The van der Waals surface area contributed by atoms with E-state index in [1.54, 1.807) is 13.0 Å². The number of hydrogen-bond donors (Lipinski definition) is 1. The van der Waals surface area contributed by atoms with E-state index in [-0.39, 0.29) is 39.7 Å². The molecule has 0 bridgehead atoms. The van der Waals surface area contributed by atoms with E-state index < -0.39 is 27.9 Å². The standard InChI is InChI=1S/C23H31F3N6O4S2/c1-6-14(5)36-21(33)20-28-30-22(37-20)29-27-17-10-15-8-9-16(7-2)32(13(3)4)19(15)11-18(17)31-38(34,35)12-23(24,25)26/h10-11,13-14,16,31H,6-9,12H2,1-5H3. The predicted octanol–water partition coefficient (Wildman–Crippen LogP) is 6.15. The number of hydrogen-bond acceptors (Lipinski definition) is 10. The molecule has 2 heterocycles. The van der Waals surface area contributed by atoms with E-state index in [0.29, 0.717) is 12.8 Å². The van der Waals surface area contributed by atoms with Gasteiger partial charge in [-0.3, -0.25) is 4.72 Å². The third kappa shape index (κ3) is 7.62. The van der Waals surface area contributed by atoms with Crippen LogP contribution >= 0.6 is 11.3 Å². The monoisotopic (exact) mass is 576 g/mol. The molecule has 0 amide bonds. The number of rotatable bonds is 10. The Morgan fingerprint density at radius 2 is 1.95 bits per heavy atom. The second kappa shape index (κ2) is 11.9. The van der Waals surface area contributed by atoms with Gasteiger partial charge in [0.15, 0.2) is 5.75 Å². The third-order valence-corrected chi connectivity index (χ3v) is 8.00. The molecule has 38 heavy (non-hydrogen) atoms. The molecule has 3 rings (SSSR count). The molecule has 1 aliphatic rings. The minimum absolute atomic E-state index is 0.00206. The van der Waals surface area contributed by atoms with Gasteiger partial charge in [0.25, 0.3) is 5.13 Å². The zero-order valence-electron chi connectivity index (χ0n) is 21.7. The van der Waals surface area contributed by atoms with Crippen LogP contribution in [-0.4, -0.2) is 54.7 Å². The summed E-state index contributed by atoms with van der Waals surface area (Å²) in [5, 5.41) is 15.6. The van der Waals surface area contributed by atoms with Crippen LogP contribution in [-0.2, 0) is 21.2 Å². The molecule has 210 valence electrons. The minimum atomic E-state index is -4.92. The molecule has 0 radical (unpaired) electrons. The number of carbonyl (C=O) groups is 1. The lowest BCUT2D eigenvalue weighted by molar-refractivity contribution is -0.106. The quantitative estimate of drug-likeness (QED) is 0.265. The number of fused-ring (bicyclic) bond motifs is 1. The van der Waals surface area contributed by atoms with Gasteiger partial charge in [0, 0.05) is 17.8 Å². The second-order valence-electron chi connectivity index (χ2n) is 9.29. The largest absolute Gasteiger partial charge is 0.457 e. The molecule has 1 N–H and O–H groups in total. The third-order valence-electron chi connectivity index (χ3n) is 5.98. The number of ether oxygens (including phenoxy) is 1. The summed E-state index contributed by atoms with van der Waals surface area (Å²) in [7, 11) is -4.78. The summed E-state index contributed by atoms with van der Waals surface area (Å²) >= 11 is 0.823. The maximum atomic E-state index is 12.9. The number of carbonyl (C=O) groups excluding carboxylic acids is 1. The summed E-state index contributed by atoms with van der Waals surface area (Å²) < 4.78 is 70.7. The highest BCUT2D eigenvalue weighted by molar-refractivity contribution is 7.92. The molecule has 0 saturated heterocycles. The number of sulfonamides is 1. The zero-order chi connectivity index (χ0) is 28.3. The first-order valence-corrected chi connectivity index (χ1v) is 14.7. The van der Waals surface area contributed by atoms with Crippen molar-refractivity contribution in [2.24, 2.45) is 10.2 Å². The van der Waals surface area contributed by atoms with Crippen LogP contribution in [0.3, 0.4) is 0 Å². The summed E-state index contributed by atoms with van der Waals surface area (Å²) in [6, 6.07) is 3.39. The van der Waals surface area contributed by atoms with Crippen LogP contribution in [0.25, 0.3) is 0 Å². The topological polar surface area (TPSA) is 126 Å². The van der Waals surface area contributed by atoms with Crippen molar-refractivity contribution in [2.75, 3.05) is 15.4 Å². The minimum Gasteiger partial charge on any atom is -0.457 e. The molecule has 1 aromatic carbocycles. The Balaban J connectivity index is 2.00. The van der Waals surface area contributed by atoms with Gasteiger partial charge in [-0.25, -0.2) is 13.2 Å². The van der Waals surface area contributed by atoms with Gasteiger partial charge in [0.05, 0.1) is 11.8 Å². The molecule has 0 saturated carbocycles. The summed E-state index contributed by atoms with van der Waals surface area (Å²) in [5.74, 6) is -2.70. The van der Waals surface area contributed by atoms with Gasteiger partial charge in [0.1, 0.15) is 5.69 Å². The Bertz CT molecular complexity index is 1280. The van der Waals surface area contributed by atoms with Crippen molar-refractivity contribution in [3.63, 3.8) is 0 Å². The Morgan fingerprint density at radius 1 is 1.24 bits per heavy atom. The number of aromatic nitrogens is 2. The average molecular weight is 577 g/mol. The van der Waals surface area contributed by atoms with Crippen LogP contribution < -0.4 is 9.62 Å². The molecule has 10 nitrogen and oxygen atoms in total. The molecule has 1 aromatic heterocycles. The van der Waals surface area contributed by atoms with Gasteiger partial charge in [-0.2, -0.15) is 13.2 Å². The van der Waals surface area contributed by atoms with Crippen LogP contribution in [0.2, 0.25) is 0 Å². The fraction of sp³-hybridized carbons (Fsp3) is 0.609. The molecular weight excluding hydrogens is 545 g/mol. The highest BCUT2D eigenvalue weighted by Gasteiger charge is 2.36. The normalized spacial score (nSPS) is 17.1. The molecule has 0 aliphatic carbocycles. The van der Waals surface area contributed by atoms with E-state index in [2.05, 4.69) is 32.2 Å². The molecule has 2 atom stereocenters. The fourth-order valence-electron chi connectivity index (χ4n) is 4.15. The van der Waals surface area contributed by atoms with Gasteiger partial charge < -0.3 is 9.64 Å². The first-order valence-electron chi connectivity index (χ1n) is 12.2. The molecule has 0 spiro atoms. The lowest BCUT2D eigenvalue weighted by Gasteiger charge is -2.42. The molecular formula is C23H31F3N6O4S2. The van der Waals surface area contributed by atoms with Crippen LogP contribution in [0.4, 0.5) is 35.4 Å². The number of anilines is 2. The van der Waals surface area contributed by atoms with E-state index in [4.69, 9.17) is 4.74 Å². The van der Waals surface area contributed by atoms with Gasteiger partial charge in [0.2, 0.25) is 15.0 Å². The average Bonchev–Trinajstić information content (AvgIpc) is 3.29. The number of halogens is 3. The highest BCUT2D eigenvalue weighted by Crippen LogP contribution is 2.41. The molecule has 15 heteroatoms. The van der Waals surface area contributed by atoms with Gasteiger partial charge >= 0.3 is 12.1 Å². The Labute approximate surface area is 223 Å². The van der Waals surface area contributed by atoms with Crippen molar-refractivity contribution in [2.45, 2.75) is 84.7 Å². The summed E-state index contributed by atoms with van der Waals surface area (Å²) in [6.07, 6.45) is -2.22. The van der Waals surface area contributed by atoms with Crippen molar-refractivity contribution >= 4 is 49.5 Å². The number of esters is 1. The van der Waals surface area contributed by atoms with E-state index in [1.807, 2.05) is 25.5 Å². The van der Waals surface area contributed by atoms with Crippen LogP contribution in [0.5, 0.6) is 0 Å². The lowest BCUT2D eigenvalue weighted by Crippen LogP contribution is -2.43. The van der Waals surface area contributed by atoms with E-state index >= 15 is 0 Å². The van der Waals surface area contributed by atoms with Crippen LogP contribution in [0.1, 0.15) is 69.2 Å². The van der Waals surface area contributed by atoms with Crippen LogP contribution in [0, 0.1) is 0 Å². The van der Waals surface area contributed by atoms with Gasteiger partial charge in [-0.05, 0) is 64.2 Å². The second-order valence-corrected chi connectivity index (χ2v) is 12.0. The van der Waals surface area contributed by atoms with Crippen molar-refractivity contribution in [3.8, 4) is 0 Å². The molecule has 2 aromatic rings. The summed E-state index contributed by atoms with van der Waals surface area (Å²) in [4.78, 5) is 14.3.